The molecule has 1 rings (SSSR count). The second-order valence-electron chi connectivity index (χ2n) is 3.13. The average Bonchev–Trinajstić information content (AvgIpc) is 2.24. The summed E-state index contributed by atoms with van der Waals surface area (Å²) in [5, 5.41) is 14.5. The zero-order valence-electron chi connectivity index (χ0n) is 9.51. The first-order chi connectivity index (χ1) is 7.58. The lowest BCUT2D eigenvalue weighted by molar-refractivity contribution is 1.33. The molecule has 0 amide bonds. The number of nitrogens with one attached hydrogen (secondary N) is 2. The van der Waals surface area contributed by atoms with Crippen LogP contribution in [0.3, 0.4) is 0 Å². The molecule has 4 nitrogen and oxygen atoms in total. The van der Waals surface area contributed by atoms with Crippen molar-refractivity contribution in [1.82, 2.24) is 0 Å². The molecular weight excluding hydrogens is 311 g/mol. The van der Waals surface area contributed by atoms with Crippen molar-refractivity contribution in [2.45, 2.75) is 11.5 Å². The fourth-order valence-electron chi connectivity index (χ4n) is 1.13. The molecule has 0 unspecified atom stereocenters. The molecule has 1 aromatic carbocycles. The topological polar surface area (TPSA) is 99.7 Å². The van der Waals surface area contributed by atoms with Crippen molar-refractivity contribution in [2.75, 3.05) is 0 Å². The van der Waals surface area contributed by atoms with Crippen LogP contribution in [0, 0.1) is 10.8 Å². The number of nitrogens with two attached hydrogens (primary N) is 2. The first-order valence-corrected chi connectivity index (χ1v) is 6.56. The molecule has 1 aromatic rings. The van der Waals surface area contributed by atoms with Gasteiger partial charge in [0.2, 0.25) is 0 Å². The van der Waals surface area contributed by atoms with E-state index < -0.39 is 0 Å². The van der Waals surface area contributed by atoms with E-state index in [1.807, 2.05) is 24.3 Å². The predicted octanol–water partition coefficient (Wildman–Crippen LogP) is 2.78. The molecule has 6 N–H and O–H groups in total. The summed E-state index contributed by atoms with van der Waals surface area (Å²) < 4.78 is 0. The monoisotopic (exact) mass is 326 g/mol. The Morgan fingerprint density at radius 1 is 0.944 bits per heavy atom. The molecule has 0 aromatic heterocycles. The Morgan fingerprint density at radius 2 is 1.33 bits per heavy atom. The maximum absolute atomic E-state index is 7.13. The van der Waals surface area contributed by atoms with Crippen LogP contribution in [0.2, 0.25) is 0 Å². The summed E-state index contributed by atoms with van der Waals surface area (Å²) in [6, 6.07) is 8.01. The summed E-state index contributed by atoms with van der Waals surface area (Å²) in [7, 11) is 0. The minimum Gasteiger partial charge on any atom is -0.379 e. The second kappa shape index (κ2) is 10.4. The molecule has 0 aliphatic rings. The molecule has 0 saturated carbocycles. The minimum atomic E-state index is 0. The van der Waals surface area contributed by atoms with Gasteiger partial charge in [0.25, 0.3) is 0 Å². The molecule has 0 aliphatic carbocycles. The van der Waals surface area contributed by atoms with Crippen molar-refractivity contribution in [3.8, 4) is 0 Å². The molecular formula is C10H16Cl2N4S2. The first kappa shape index (κ1) is 19.8. The summed E-state index contributed by atoms with van der Waals surface area (Å²) in [4.78, 5) is 0. The van der Waals surface area contributed by atoms with Crippen LogP contribution in [0.15, 0.2) is 24.3 Å². The smallest absolute Gasteiger partial charge is 0.151 e. The van der Waals surface area contributed by atoms with Gasteiger partial charge in [-0.1, -0.05) is 47.8 Å². The fraction of sp³-hybridized carbons (Fsp3) is 0.200. The van der Waals surface area contributed by atoms with Crippen LogP contribution in [0.1, 0.15) is 11.1 Å². The SMILES string of the molecule is Cl.Cl.N=C(N)SCc1cccc(CSC(=N)N)c1. The van der Waals surface area contributed by atoms with Gasteiger partial charge in [0.1, 0.15) is 0 Å². The Hall–Kier alpha value is -0.560. The van der Waals surface area contributed by atoms with E-state index in [2.05, 4.69) is 0 Å². The van der Waals surface area contributed by atoms with E-state index in [0.717, 1.165) is 11.1 Å². The molecule has 102 valence electrons. The third kappa shape index (κ3) is 8.52. The van der Waals surface area contributed by atoms with Crippen molar-refractivity contribution in [3.63, 3.8) is 0 Å². The lowest BCUT2D eigenvalue weighted by atomic mass is 10.2. The van der Waals surface area contributed by atoms with E-state index in [9.17, 15) is 0 Å². The van der Waals surface area contributed by atoms with E-state index in [1.54, 1.807) is 0 Å². The van der Waals surface area contributed by atoms with E-state index in [1.165, 1.54) is 23.5 Å². The normalized spacial score (nSPS) is 8.89. The van der Waals surface area contributed by atoms with Gasteiger partial charge in [0.05, 0.1) is 0 Å². The largest absolute Gasteiger partial charge is 0.379 e. The Morgan fingerprint density at radius 3 is 1.67 bits per heavy atom. The predicted molar refractivity (Wildman–Crippen MR) is 87.4 cm³/mol. The molecule has 0 saturated heterocycles. The Balaban J connectivity index is 0. The second-order valence-corrected chi connectivity index (χ2v) is 5.16. The van der Waals surface area contributed by atoms with Crippen LogP contribution in [0.5, 0.6) is 0 Å². The lowest BCUT2D eigenvalue weighted by Gasteiger charge is -2.04. The number of benzene rings is 1. The van der Waals surface area contributed by atoms with Crippen molar-refractivity contribution in [2.24, 2.45) is 11.5 Å². The van der Waals surface area contributed by atoms with Crippen molar-refractivity contribution < 1.29 is 0 Å². The van der Waals surface area contributed by atoms with E-state index in [4.69, 9.17) is 22.3 Å². The number of halogens is 2. The van der Waals surface area contributed by atoms with Gasteiger partial charge in [-0.25, -0.2) is 0 Å². The summed E-state index contributed by atoms with van der Waals surface area (Å²) in [6.07, 6.45) is 0. The highest BCUT2D eigenvalue weighted by Gasteiger charge is 1.99. The lowest BCUT2D eigenvalue weighted by Crippen LogP contribution is -2.04. The molecule has 0 radical (unpaired) electrons. The van der Waals surface area contributed by atoms with Crippen LogP contribution < -0.4 is 11.5 Å². The van der Waals surface area contributed by atoms with Crippen LogP contribution >= 0.6 is 48.3 Å². The van der Waals surface area contributed by atoms with Crippen molar-refractivity contribution in [1.29, 1.82) is 10.8 Å². The molecule has 0 bridgehead atoms. The minimum absolute atomic E-state index is 0. The van der Waals surface area contributed by atoms with Gasteiger partial charge in [-0.05, 0) is 11.1 Å². The number of thioether (sulfide) groups is 2. The van der Waals surface area contributed by atoms with Crippen molar-refractivity contribution >= 4 is 58.7 Å². The van der Waals surface area contributed by atoms with Crippen LogP contribution in [-0.2, 0) is 11.5 Å². The van der Waals surface area contributed by atoms with Crippen LogP contribution in [0.25, 0.3) is 0 Å². The highest BCUT2D eigenvalue weighted by Crippen LogP contribution is 2.16. The van der Waals surface area contributed by atoms with E-state index in [-0.39, 0.29) is 35.1 Å². The van der Waals surface area contributed by atoms with E-state index in [0.29, 0.717) is 11.5 Å². The molecule has 18 heavy (non-hydrogen) atoms. The molecule has 0 fully saturated rings. The van der Waals surface area contributed by atoms with Gasteiger partial charge < -0.3 is 11.5 Å². The van der Waals surface area contributed by atoms with Gasteiger partial charge >= 0.3 is 0 Å². The fourth-order valence-corrected chi connectivity index (χ4v) is 2.13. The van der Waals surface area contributed by atoms with Crippen molar-refractivity contribution in [3.05, 3.63) is 35.4 Å². The van der Waals surface area contributed by atoms with Gasteiger partial charge in [0.15, 0.2) is 10.3 Å². The summed E-state index contributed by atoms with van der Waals surface area (Å²) in [5.74, 6) is 1.40. The van der Waals surface area contributed by atoms with Gasteiger partial charge in [-0.2, -0.15) is 0 Å². The van der Waals surface area contributed by atoms with Crippen LogP contribution in [-0.4, -0.2) is 10.3 Å². The highest BCUT2D eigenvalue weighted by atomic mass is 35.5. The van der Waals surface area contributed by atoms with Crippen LogP contribution in [0.4, 0.5) is 0 Å². The maximum atomic E-state index is 7.13. The quantitative estimate of drug-likeness (QED) is 0.505. The maximum Gasteiger partial charge on any atom is 0.151 e. The number of rotatable bonds is 4. The zero-order valence-corrected chi connectivity index (χ0v) is 12.8. The number of amidine groups is 2. The summed E-state index contributed by atoms with van der Waals surface area (Å²) >= 11 is 2.61. The van der Waals surface area contributed by atoms with Gasteiger partial charge in [0, 0.05) is 11.5 Å². The Kier molecular flexibility index (Phi) is 11.4. The summed E-state index contributed by atoms with van der Waals surface area (Å²) in [5.41, 5.74) is 12.8. The van der Waals surface area contributed by atoms with Gasteiger partial charge in [-0.15, -0.1) is 24.8 Å². The highest BCUT2D eigenvalue weighted by molar-refractivity contribution is 8.13. The standard InChI is InChI=1S/C10H14N4S2.2ClH/c11-9(12)15-5-7-2-1-3-8(4-7)6-16-10(13)14;;/h1-4H,5-6H2,(H3,11,12)(H3,13,14);2*1H. The molecule has 0 spiro atoms. The first-order valence-electron chi connectivity index (χ1n) is 4.59. The Bertz CT molecular complexity index is 368. The zero-order chi connectivity index (χ0) is 12.0. The molecule has 0 aliphatic heterocycles. The molecule has 0 heterocycles. The summed E-state index contributed by atoms with van der Waals surface area (Å²) in [6.45, 7) is 0. The molecule has 8 heteroatoms. The Labute approximate surface area is 127 Å². The average molecular weight is 327 g/mol. The van der Waals surface area contributed by atoms with Gasteiger partial charge in [-0.3, -0.25) is 10.8 Å². The van der Waals surface area contributed by atoms with E-state index >= 15 is 0 Å². The molecule has 0 atom stereocenters. The third-order valence-electron chi connectivity index (χ3n) is 1.78. The number of hydrogen-bond donors (Lipinski definition) is 4. The number of hydrogen-bond acceptors (Lipinski definition) is 4. The third-order valence-corrected chi connectivity index (χ3v) is 3.36.